The van der Waals surface area contributed by atoms with E-state index >= 15 is 0 Å². The van der Waals surface area contributed by atoms with Crippen molar-refractivity contribution < 1.29 is 0 Å². The molecule has 0 spiro atoms. The predicted octanol–water partition coefficient (Wildman–Crippen LogP) is 17.5. The number of nitrogens with zero attached hydrogens (tertiary/aromatic N) is 2. The lowest BCUT2D eigenvalue weighted by Gasteiger charge is -2.12. The molecule has 2 nitrogen and oxygen atoms in total. The number of para-hydroxylation sites is 2. The van der Waals surface area contributed by atoms with Crippen molar-refractivity contribution in [2.75, 3.05) is 0 Å². The van der Waals surface area contributed by atoms with E-state index in [1.165, 1.54) is 131 Å². The molecule has 2 aromatic heterocycles. The minimum absolute atomic E-state index is 1.16. The second-order valence-electron chi connectivity index (χ2n) is 18.0. The smallest absolute Gasteiger partial charge is 0.0625 e. The zero-order chi connectivity index (χ0) is 43.0. The summed E-state index contributed by atoms with van der Waals surface area (Å²) in [6, 6.07) is 85.8. The normalized spacial score (nSPS) is 12.2. The van der Waals surface area contributed by atoms with Gasteiger partial charge in [0.05, 0.1) is 22.1 Å². The third-order valence-corrected chi connectivity index (χ3v) is 14.6. The molecule has 0 aliphatic heterocycles. The van der Waals surface area contributed by atoms with Gasteiger partial charge in [-0.3, -0.25) is 0 Å². The van der Waals surface area contributed by atoms with Crippen LogP contribution < -0.4 is 0 Å². The van der Waals surface area contributed by atoms with Gasteiger partial charge >= 0.3 is 0 Å². The highest BCUT2D eigenvalue weighted by Crippen LogP contribution is 2.49. The molecule has 15 rings (SSSR count). The average molecular weight is 835 g/mol. The molecule has 0 unspecified atom stereocenters. The van der Waals surface area contributed by atoms with Gasteiger partial charge < -0.3 is 9.13 Å². The highest BCUT2D eigenvalue weighted by molar-refractivity contribution is 6.32. The fourth-order valence-electron chi connectivity index (χ4n) is 11.7. The third kappa shape index (κ3) is 4.96. The summed E-state index contributed by atoms with van der Waals surface area (Å²) in [5, 5.41) is 15.3. The van der Waals surface area contributed by atoms with Crippen molar-refractivity contribution in [3.05, 3.63) is 231 Å². The topological polar surface area (TPSA) is 9.86 Å². The maximum absolute atomic E-state index is 2.47. The summed E-state index contributed by atoms with van der Waals surface area (Å²) in [6.07, 6.45) is 0. The van der Waals surface area contributed by atoms with E-state index < -0.39 is 0 Å². The minimum atomic E-state index is 1.16. The van der Waals surface area contributed by atoms with E-state index in [9.17, 15) is 0 Å². The fourth-order valence-corrected chi connectivity index (χ4v) is 11.7. The van der Waals surface area contributed by atoms with Crippen LogP contribution in [-0.2, 0) is 0 Å². The standard InChI is InChI=1S/C64H38N2/c1-2-14-46(15-3-1)66-61-32-29-43(37-58(61)63-54-21-8-6-16-48(54)50-18-7-9-22-55(50)64(63)66)42-28-31-60-56(36-42)52-20-10-11-24-59(52)65(60)47-30-27-39-33-40(25-26-41(39)35-47)45-34-44-13-12-23-53-49-17-4-5-19-51(49)57(38-45)62(44)53/h1-38H. The van der Waals surface area contributed by atoms with E-state index in [0.29, 0.717) is 0 Å². The van der Waals surface area contributed by atoms with Crippen LogP contribution in [-0.4, -0.2) is 9.13 Å². The van der Waals surface area contributed by atoms with Crippen molar-refractivity contribution in [1.82, 2.24) is 9.13 Å². The van der Waals surface area contributed by atoms with E-state index in [2.05, 4.69) is 240 Å². The van der Waals surface area contributed by atoms with Gasteiger partial charge in [-0.2, -0.15) is 0 Å². The summed E-state index contributed by atoms with van der Waals surface area (Å²) >= 11 is 0. The molecule has 0 fully saturated rings. The van der Waals surface area contributed by atoms with Gasteiger partial charge in [0.1, 0.15) is 0 Å². The van der Waals surface area contributed by atoms with Gasteiger partial charge in [-0.25, -0.2) is 0 Å². The summed E-state index contributed by atoms with van der Waals surface area (Å²) in [7, 11) is 0. The Morgan fingerprint density at radius 3 is 1.61 bits per heavy atom. The average Bonchev–Trinajstić information content (AvgIpc) is 4.03. The van der Waals surface area contributed by atoms with Crippen LogP contribution in [0.1, 0.15) is 0 Å². The molecule has 12 aromatic carbocycles. The molecule has 2 heteroatoms. The highest BCUT2D eigenvalue weighted by Gasteiger charge is 2.23. The third-order valence-electron chi connectivity index (χ3n) is 14.6. The van der Waals surface area contributed by atoms with E-state index in [-0.39, 0.29) is 0 Å². The quantitative estimate of drug-likeness (QED) is 0.156. The van der Waals surface area contributed by atoms with Crippen LogP contribution in [0.3, 0.4) is 0 Å². The summed E-state index contributed by atoms with van der Waals surface area (Å²) in [4.78, 5) is 0. The van der Waals surface area contributed by atoms with Crippen molar-refractivity contribution in [3.8, 4) is 55.9 Å². The van der Waals surface area contributed by atoms with Gasteiger partial charge in [-0.1, -0.05) is 158 Å². The first-order valence-electron chi connectivity index (χ1n) is 22.9. The minimum Gasteiger partial charge on any atom is -0.309 e. The van der Waals surface area contributed by atoms with Crippen LogP contribution in [0.4, 0.5) is 0 Å². The van der Waals surface area contributed by atoms with Crippen molar-refractivity contribution >= 4 is 86.7 Å². The maximum Gasteiger partial charge on any atom is 0.0625 e. The molecule has 0 amide bonds. The number of hydrogen-bond donors (Lipinski definition) is 0. The van der Waals surface area contributed by atoms with E-state index in [1.54, 1.807) is 0 Å². The summed E-state index contributed by atoms with van der Waals surface area (Å²) in [5.41, 5.74) is 17.4. The van der Waals surface area contributed by atoms with E-state index in [0.717, 1.165) is 11.4 Å². The van der Waals surface area contributed by atoms with Crippen LogP contribution in [0.5, 0.6) is 0 Å². The molecular weight excluding hydrogens is 797 g/mol. The van der Waals surface area contributed by atoms with Gasteiger partial charge in [-0.15, -0.1) is 0 Å². The molecule has 0 saturated carbocycles. The van der Waals surface area contributed by atoms with Crippen LogP contribution >= 0.6 is 0 Å². The van der Waals surface area contributed by atoms with Crippen molar-refractivity contribution in [2.45, 2.75) is 0 Å². The molecule has 2 heterocycles. The van der Waals surface area contributed by atoms with Crippen LogP contribution in [0, 0.1) is 0 Å². The summed E-state index contributed by atoms with van der Waals surface area (Å²) in [6.45, 7) is 0. The van der Waals surface area contributed by atoms with Gasteiger partial charge in [0.15, 0.2) is 0 Å². The van der Waals surface area contributed by atoms with Gasteiger partial charge in [-0.05, 0) is 155 Å². The van der Waals surface area contributed by atoms with Gasteiger partial charge in [0.2, 0.25) is 0 Å². The predicted molar refractivity (Wildman–Crippen MR) is 280 cm³/mol. The van der Waals surface area contributed by atoms with Crippen molar-refractivity contribution in [3.63, 3.8) is 0 Å². The largest absolute Gasteiger partial charge is 0.309 e. The molecule has 0 radical (unpaired) electrons. The Hall–Kier alpha value is -8.72. The maximum atomic E-state index is 2.47. The van der Waals surface area contributed by atoms with Crippen LogP contribution in [0.2, 0.25) is 0 Å². The Bertz CT molecular complexity index is 4390. The Balaban J connectivity index is 0.869. The molecule has 0 bridgehead atoms. The van der Waals surface area contributed by atoms with Crippen LogP contribution in [0.15, 0.2) is 231 Å². The Morgan fingerprint density at radius 1 is 0.227 bits per heavy atom. The highest BCUT2D eigenvalue weighted by atomic mass is 15.0. The van der Waals surface area contributed by atoms with Crippen molar-refractivity contribution in [1.29, 1.82) is 0 Å². The molecular formula is C64H38N2. The zero-order valence-corrected chi connectivity index (χ0v) is 35.8. The molecule has 14 aromatic rings. The van der Waals surface area contributed by atoms with E-state index in [1.807, 2.05) is 0 Å². The number of fused-ring (bicyclic) bond motifs is 15. The second-order valence-corrected chi connectivity index (χ2v) is 18.0. The fraction of sp³-hybridized carbons (Fsp3) is 0. The lowest BCUT2D eigenvalue weighted by atomic mass is 9.95. The molecule has 1 aliphatic carbocycles. The first-order chi connectivity index (χ1) is 32.7. The molecule has 304 valence electrons. The number of aromatic nitrogens is 2. The lowest BCUT2D eigenvalue weighted by Crippen LogP contribution is -1.94. The monoisotopic (exact) mass is 834 g/mol. The lowest BCUT2D eigenvalue weighted by molar-refractivity contribution is 1.19. The molecule has 0 saturated heterocycles. The number of hydrogen-bond acceptors (Lipinski definition) is 0. The number of benzene rings is 12. The first kappa shape index (κ1) is 35.7. The van der Waals surface area contributed by atoms with Crippen LogP contribution in [0.25, 0.3) is 143 Å². The molecule has 1 aliphatic rings. The Labute approximate surface area is 380 Å². The molecule has 66 heavy (non-hydrogen) atoms. The van der Waals surface area contributed by atoms with Gasteiger partial charge in [0, 0.05) is 38.3 Å². The Morgan fingerprint density at radius 2 is 0.788 bits per heavy atom. The zero-order valence-electron chi connectivity index (χ0n) is 35.8. The van der Waals surface area contributed by atoms with Gasteiger partial charge in [0.25, 0.3) is 0 Å². The summed E-state index contributed by atoms with van der Waals surface area (Å²) in [5.74, 6) is 0. The SMILES string of the molecule is c1ccc(-n2c3ccc(-c4ccc5c(c4)c4ccccc4n5-c4ccc5cc(-c6cc7c8c(cccc8c6)-c6ccccc6-7)ccc5c4)cc3c3c4ccccc4c4ccccc4c32)cc1. The molecule has 0 N–H and O–H groups in total. The second kappa shape index (κ2) is 13.4. The Kier molecular flexibility index (Phi) is 7.25. The number of rotatable bonds is 4. The summed E-state index contributed by atoms with van der Waals surface area (Å²) < 4.78 is 4.91. The van der Waals surface area contributed by atoms with Crippen molar-refractivity contribution in [2.24, 2.45) is 0 Å². The molecule has 0 atom stereocenters. The van der Waals surface area contributed by atoms with E-state index in [4.69, 9.17) is 0 Å². The first-order valence-corrected chi connectivity index (χ1v) is 22.9.